The van der Waals surface area contributed by atoms with Gasteiger partial charge in [-0.25, -0.2) is 9.97 Å². The van der Waals surface area contributed by atoms with E-state index in [9.17, 15) is 10.1 Å². The lowest BCUT2D eigenvalue weighted by atomic mass is 10.3. The third kappa shape index (κ3) is 3.05. The molecule has 8 nitrogen and oxygen atoms in total. The highest BCUT2D eigenvalue weighted by atomic mass is 16.6. The van der Waals surface area contributed by atoms with E-state index < -0.39 is 4.92 Å². The molecule has 102 valence electrons. The lowest BCUT2D eigenvalue weighted by Gasteiger charge is -2.08. The summed E-state index contributed by atoms with van der Waals surface area (Å²) in [5.74, 6) is 0.254. The van der Waals surface area contributed by atoms with Crippen LogP contribution in [0.3, 0.4) is 0 Å². The van der Waals surface area contributed by atoms with Gasteiger partial charge in [-0.1, -0.05) is 6.08 Å². The number of nitrogens with one attached hydrogen (secondary N) is 2. The summed E-state index contributed by atoms with van der Waals surface area (Å²) in [4.78, 5) is 22.3. The SMILES string of the molecule is C=CCNc1ncnc(Nc2ccncc2)c1[N+](=O)[O-]. The van der Waals surface area contributed by atoms with Crippen molar-refractivity contribution in [1.29, 1.82) is 0 Å². The standard InChI is InChI=1S/C12H12N6O2/c1-2-5-14-11-10(18(19)20)12(16-8-15-11)17-9-3-6-13-7-4-9/h2-4,6-8H,1,5H2,(H2,13,14,15,16,17). The van der Waals surface area contributed by atoms with Crippen LogP contribution in [0.4, 0.5) is 23.0 Å². The van der Waals surface area contributed by atoms with E-state index in [1.807, 2.05) is 0 Å². The first kappa shape index (κ1) is 13.4. The molecule has 2 rings (SSSR count). The van der Waals surface area contributed by atoms with E-state index in [-0.39, 0.29) is 17.3 Å². The monoisotopic (exact) mass is 272 g/mol. The average Bonchev–Trinajstić information content (AvgIpc) is 2.46. The summed E-state index contributed by atoms with van der Waals surface area (Å²) >= 11 is 0. The van der Waals surface area contributed by atoms with Gasteiger partial charge in [-0.05, 0) is 12.1 Å². The minimum Gasteiger partial charge on any atom is -0.361 e. The van der Waals surface area contributed by atoms with Crippen molar-refractivity contribution >= 4 is 23.0 Å². The van der Waals surface area contributed by atoms with E-state index in [4.69, 9.17) is 0 Å². The van der Waals surface area contributed by atoms with E-state index in [1.165, 1.54) is 6.33 Å². The molecule has 0 aliphatic carbocycles. The number of rotatable bonds is 6. The molecular formula is C12H12N6O2. The van der Waals surface area contributed by atoms with Crippen LogP contribution in [0.1, 0.15) is 0 Å². The summed E-state index contributed by atoms with van der Waals surface area (Å²) in [7, 11) is 0. The molecule has 0 bridgehead atoms. The minimum absolute atomic E-state index is 0.114. The molecule has 2 aromatic heterocycles. The molecule has 20 heavy (non-hydrogen) atoms. The van der Waals surface area contributed by atoms with Gasteiger partial charge in [0.2, 0.25) is 11.6 Å². The van der Waals surface area contributed by atoms with Crippen molar-refractivity contribution in [3.8, 4) is 0 Å². The van der Waals surface area contributed by atoms with E-state index in [0.717, 1.165) is 0 Å². The Labute approximate surface area is 114 Å². The van der Waals surface area contributed by atoms with Crippen LogP contribution >= 0.6 is 0 Å². The fourth-order valence-electron chi connectivity index (χ4n) is 1.51. The predicted molar refractivity (Wildman–Crippen MR) is 74.9 cm³/mol. The van der Waals surface area contributed by atoms with Gasteiger partial charge in [-0.3, -0.25) is 15.1 Å². The molecule has 0 saturated heterocycles. The van der Waals surface area contributed by atoms with Gasteiger partial charge in [0.1, 0.15) is 6.33 Å². The van der Waals surface area contributed by atoms with Crippen LogP contribution in [0.5, 0.6) is 0 Å². The van der Waals surface area contributed by atoms with E-state index in [1.54, 1.807) is 30.6 Å². The number of hydrogen-bond acceptors (Lipinski definition) is 7. The smallest absolute Gasteiger partial charge is 0.353 e. The van der Waals surface area contributed by atoms with Crippen molar-refractivity contribution in [1.82, 2.24) is 15.0 Å². The molecule has 8 heteroatoms. The molecule has 0 aromatic carbocycles. The molecule has 2 heterocycles. The van der Waals surface area contributed by atoms with Crippen molar-refractivity contribution in [2.24, 2.45) is 0 Å². The normalized spacial score (nSPS) is 9.80. The molecule has 0 fully saturated rings. The Bertz CT molecular complexity index is 617. The van der Waals surface area contributed by atoms with Gasteiger partial charge in [0.05, 0.1) is 4.92 Å². The number of anilines is 3. The number of nitrogens with zero attached hydrogens (tertiary/aromatic N) is 4. The summed E-state index contributed by atoms with van der Waals surface area (Å²) in [6.45, 7) is 3.91. The molecule has 0 aliphatic heterocycles. The Balaban J connectivity index is 2.36. The van der Waals surface area contributed by atoms with Crippen molar-refractivity contribution in [2.75, 3.05) is 17.2 Å². The summed E-state index contributed by atoms with van der Waals surface area (Å²) < 4.78 is 0. The summed E-state index contributed by atoms with van der Waals surface area (Å²) in [5, 5.41) is 16.9. The molecule has 0 atom stereocenters. The molecule has 0 unspecified atom stereocenters. The molecule has 0 radical (unpaired) electrons. The zero-order valence-corrected chi connectivity index (χ0v) is 10.5. The van der Waals surface area contributed by atoms with Crippen molar-refractivity contribution in [3.63, 3.8) is 0 Å². The molecule has 2 N–H and O–H groups in total. The molecule has 0 spiro atoms. The van der Waals surface area contributed by atoms with Gasteiger partial charge in [-0.2, -0.15) is 0 Å². The zero-order valence-electron chi connectivity index (χ0n) is 10.5. The van der Waals surface area contributed by atoms with Crippen LogP contribution in [0.25, 0.3) is 0 Å². The largest absolute Gasteiger partial charge is 0.361 e. The Hall–Kier alpha value is -3.03. The van der Waals surface area contributed by atoms with Gasteiger partial charge in [-0.15, -0.1) is 6.58 Å². The molecule has 2 aromatic rings. The quantitative estimate of drug-likeness (QED) is 0.471. The number of hydrogen-bond donors (Lipinski definition) is 2. The Morgan fingerprint density at radius 2 is 2.00 bits per heavy atom. The van der Waals surface area contributed by atoms with Gasteiger partial charge in [0.15, 0.2) is 0 Å². The van der Waals surface area contributed by atoms with Crippen LogP contribution in [-0.2, 0) is 0 Å². The van der Waals surface area contributed by atoms with Gasteiger partial charge in [0.25, 0.3) is 0 Å². The lowest BCUT2D eigenvalue weighted by molar-refractivity contribution is -0.383. The van der Waals surface area contributed by atoms with Crippen LogP contribution in [0.15, 0.2) is 43.5 Å². The topological polar surface area (TPSA) is 106 Å². The molecular weight excluding hydrogens is 260 g/mol. The Kier molecular flexibility index (Phi) is 4.17. The minimum atomic E-state index is -0.533. The Morgan fingerprint density at radius 3 is 2.65 bits per heavy atom. The van der Waals surface area contributed by atoms with Crippen molar-refractivity contribution in [2.45, 2.75) is 0 Å². The second kappa shape index (κ2) is 6.23. The van der Waals surface area contributed by atoms with Crippen LogP contribution < -0.4 is 10.6 Å². The second-order valence-corrected chi connectivity index (χ2v) is 3.71. The van der Waals surface area contributed by atoms with Crippen LogP contribution in [0.2, 0.25) is 0 Å². The highest BCUT2D eigenvalue weighted by Gasteiger charge is 2.22. The third-order valence-electron chi connectivity index (χ3n) is 2.36. The number of nitro groups is 1. The molecule has 0 saturated carbocycles. The van der Waals surface area contributed by atoms with Crippen molar-refractivity contribution < 1.29 is 4.92 Å². The van der Waals surface area contributed by atoms with Crippen LogP contribution in [-0.4, -0.2) is 26.4 Å². The highest BCUT2D eigenvalue weighted by molar-refractivity contribution is 5.73. The van der Waals surface area contributed by atoms with Gasteiger partial charge < -0.3 is 10.6 Å². The first-order chi connectivity index (χ1) is 9.72. The Morgan fingerprint density at radius 1 is 1.30 bits per heavy atom. The molecule has 0 amide bonds. The maximum Gasteiger partial charge on any atom is 0.353 e. The van der Waals surface area contributed by atoms with Crippen molar-refractivity contribution in [3.05, 3.63) is 53.6 Å². The van der Waals surface area contributed by atoms with E-state index in [0.29, 0.717) is 12.2 Å². The average molecular weight is 272 g/mol. The van der Waals surface area contributed by atoms with Crippen LogP contribution in [0, 0.1) is 10.1 Å². The van der Waals surface area contributed by atoms with E-state index in [2.05, 4.69) is 32.2 Å². The maximum atomic E-state index is 11.2. The highest BCUT2D eigenvalue weighted by Crippen LogP contribution is 2.30. The molecule has 0 aliphatic rings. The fraction of sp³-hybridized carbons (Fsp3) is 0.0833. The maximum absolute atomic E-state index is 11.2. The summed E-state index contributed by atoms with van der Waals surface area (Å²) in [6, 6.07) is 3.37. The first-order valence-corrected chi connectivity index (χ1v) is 5.73. The fourth-order valence-corrected chi connectivity index (χ4v) is 1.51. The number of aromatic nitrogens is 3. The van der Waals surface area contributed by atoms with Gasteiger partial charge >= 0.3 is 5.69 Å². The lowest BCUT2D eigenvalue weighted by Crippen LogP contribution is -2.08. The first-order valence-electron chi connectivity index (χ1n) is 5.73. The second-order valence-electron chi connectivity index (χ2n) is 3.71. The summed E-state index contributed by atoms with van der Waals surface area (Å²) in [6.07, 6.45) is 5.99. The van der Waals surface area contributed by atoms with E-state index >= 15 is 0 Å². The number of pyridine rings is 1. The van der Waals surface area contributed by atoms with Gasteiger partial charge in [0, 0.05) is 24.6 Å². The summed E-state index contributed by atoms with van der Waals surface area (Å²) in [5.41, 5.74) is 0.433. The third-order valence-corrected chi connectivity index (χ3v) is 2.36. The zero-order chi connectivity index (χ0) is 14.4. The predicted octanol–water partition coefficient (Wildman–Crippen LogP) is 2.12.